The highest BCUT2D eigenvalue weighted by Crippen LogP contribution is 2.21. The molecule has 0 aromatic rings. The first-order chi connectivity index (χ1) is 6.79. The van der Waals surface area contributed by atoms with Crippen molar-refractivity contribution in [3.8, 4) is 0 Å². The lowest BCUT2D eigenvalue weighted by Gasteiger charge is -2.26. The Hall–Kier alpha value is -1.03. The van der Waals surface area contributed by atoms with Gasteiger partial charge in [-0.1, -0.05) is 0 Å². The van der Waals surface area contributed by atoms with E-state index in [2.05, 4.69) is 0 Å². The van der Waals surface area contributed by atoms with E-state index in [4.69, 9.17) is 14.2 Å². The van der Waals surface area contributed by atoms with E-state index in [-0.39, 0.29) is 11.9 Å². The van der Waals surface area contributed by atoms with E-state index in [9.17, 15) is 4.79 Å². The van der Waals surface area contributed by atoms with Gasteiger partial charge in [0.15, 0.2) is 0 Å². The Morgan fingerprint density at radius 2 is 2.29 bits per heavy atom. The lowest BCUT2D eigenvalue weighted by molar-refractivity contribution is -0.178. The molecule has 0 spiro atoms. The zero-order valence-corrected chi connectivity index (χ0v) is 8.56. The predicted molar refractivity (Wildman–Crippen MR) is 50.4 cm³/mol. The van der Waals surface area contributed by atoms with Gasteiger partial charge in [-0.25, -0.2) is 0 Å². The Morgan fingerprint density at radius 3 is 2.93 bits per heavy atom. The van der Waals surface area contributed by atoms with Crippen LogP contribution in [0.25, 0.3) is 0 Å². The molecular weight excluding hydrogens is 184 g/mol. The molecule has 1 rings (SSSR count). The number of allylic oxidation sites excluding steroid dienone is 1. The summed E-state index contributed by atoms with van der Waals surface area (Å²) in [5.41, 5.74) is 0. The number of hydrogen-bond donors (Lipinski definition) is 0. The first-order valence-corrected chi connectivity index (χ1v) is 4.88. The second-order valence-corrected chi connectivity index (χ2v) is 2.93. The van der Waals surface area contributed by atoms with Crippen LogP contribution in [0.3, 0.4) is 0 Å². The van der Waals surface area contributed by atoms with Crippen LogP contribution in [0, 0.1) is 5.92 Å². The minimum atomic E-state index is -0.496. The SMILES string of the molecule is CCOC(=O)C1CC=COC1OCC. The molecular formula is C10H16O4. The average molecular weight is 200 g/mol. The third-order valence-electron chi connectivity index (χ3n) is 1.95. The van der Waals surface area contributed by atoms with Gasteiger partial charge in [-0.15, -0.1) is 0 Å². The highest BCUT2D eigenvalue weighted by molar-refractivity contribution is 5.73. The van der Waals surface area contributed by atoms with E-state index in [1.54, 1.807) is 19.3 Å². The van der Waals surface area contributed by atoms with Gasteiger partial charge in [-0.2, -0.15) is 0 Å². The second kappa shape index (κ2) is 5.65. The van der Waals surface area contributed by atoms with Crippen molar-refractivity contribution in [3.05, 3.63) is 12.3 Å². The predicted octanol–water partition coefficient (Wildman–Crippen LogP) is 1.46. The maximum absolute atomic E-state index is 11.5. The molecule has 1 aliphatic rings. The van der Waals surface area contributed by atoms with Crippen molar-refractivity contribution in [2.75, 3.05) is 13.2 Å². The summed E-state index contributed by atoms with van der Waals surface area (Å²) in [5.74, 6) is -0.588. The Balaban J connectivity index is 2.54. The summed E-state index contributed by atoms with van der Waals surface area (Å²) in [6.07, 6.45) is 3.49. The first-order valence-electron chi connectivity index (χ1n) is 4.88. The molecule has 2 atom stereocenters. The van der Waals surface area contributed by atoms with Gasteiger partial charge in [0, 0.05) is 6.61 Å². The summed E-state index contributed by atoms with van der Waals surface area (Å²) >= 11 is 0. The maximum Gasteiger partial charge on any atom is 0.315 e. The largest absolute Gasteiger partial charge is 0.472 e. The van der Waals surface area contributed by atoms with Gasteiger partial charge < -0.3 is 14.2 Å². The summed E-state index contributed by atoms with van der Waals surface area (Å²) in [6, 6.07) is 0. The van der Waals surface area contributed by atoms with Gasteiger partial charge in [-0.3, -0.25) is 4.79 Å². The lowest BCUT2D eigenvalue weighted by Crippen LogP contribution is -2.34. The molecule has 0 aromatic heterocycles. The third kappa shape index (κ3) is 2.73. The van der Waals surface area contributed by atoms with Gasteiger partial charge in [-0.05, 0) is 26.3 Å². The molecule has 0 saturated heterocycles. The van der Waals surface area contributed by atoms with Gasteiger partial charge in [0.05, 0.1) is 12.9 Å². The van der Waals surface area contributed by atoms with E-state index in [1.807, 2.05) is 6.92 Å². The van der Waals surface area contributed by atoms with Crippen molar-refractivity contribution in [1.29, 1.82) is 0 Å². The summed E-state index contributed by atoms with van der Waals surface area (Å²) < 4.78 is 15.4. The van der Waals surface area contributed by atoms with E-state index in [0.29, 0.717) is 19.6 Å². The molecule has 0 fully saturated rings. The number of carbonyl (C=O) groups excluding carboxylic acids is 1. The number of hydrogen-bond acceptors (Lipinski definition) is 4. The molecule has 0 radical (unpaired) electrons. The van der Waals surface area contributed by atoms with Gasteiger partial charge in [0.2, 0.25) is 6.29 Å². The highest BCUT2D eigenvalue weighted by atomic mass is 16.7. The molecule has 0 bridgehead atoms. The fourth-order valence-electron chi connectivity index (χ4n) is 1.32. The standard InChI is InChI=1S/C10H16O4/c1-3-12-9(11)8-6-5-7-14-10(8)13-4-2/h5,7-8,10H,3-4,6H2,1-2H3. The normalized spacial score (nSPS) is 25.6. The summed E-state index contributed by atoms with van der Waals surface area (Å²) in [4.78, 5) is 11.5. The molecule has 14 heavy (non-hydrogen) atoms. The van der Waals surface area contributed by atoms with Crippen LogP contribution in [0.2, 0.25) is 0 Å². The molecule has 0 aromatic carbocycles. The molecule has 0 N–H and O–H groups in total. The van der Waals surface area contributed by atoms with Crippen molar-refractivity contribution in [2.45, 2.75) is 26.6 Å². The van der Waals surface area contributed by atoms with Crippen LogP contribution in [-0.4, -0.2) is 25.5 Å². The van der Waals surface area contributed by atoms with Crippen LogP contribution in [0.1, 0.15) is 20.3 Å². The van der Waals surface area contributed by atoms with E-state index < -0.39 is 6.29 Å². The zero-order chi connectivity index (χ0) is 10.4. The molecule has 1 heterocycles. The van der Waals surface area contributed by atoms with Gasteiger partial charge in [0.25, 0.3) is 0 Å². The monoisotopic (exact) mass is 200 g/mol. The quantitative estimate of drug-likeness (QED) is 0.644. The Bertz CT molecular complexity index is 212. The lowest BCUT2D eigenvalue weighted by atomic mass is 10.0. The number of ether oxygens (including phenoxy) is 3. The minimum absolute atomic E-state index is 0.254. The van der Waals surface area contributed by atoms with Gasteiger partial charge >= 0.3 is 5.97 Å². The maximum atomic E-state index is 11.5. The van der Waals surface area contributed by atoms with Crippen molar-refractivity contribution in [2.24, 2.45) is 5.92 Å². The molecule has 1 aliphatic heterocycles. The molecule has 4 heteroatoms. The van der Waals surface area contributed by atoms with Crippen molar-refractivity contribution in [1.82, 2.24) is 0 Å². The minimum Gasteiger partial charge on any atom is -0.472 e. The Labute approximate surface area is 83.8 Å². The topological polar surface area (TPSA) is 44.8 Å². The number of rotatable bonds is 4. The molecule has 0 saturated carbocycles. The molecule has 0 aliphatic carbocycles. The van der Waals surface area contributed by atoms with Crippen LogP contribution >= 0.6 is 0 Å². The van der Waals surface area contributed by atoms with Crippen LogP contribution in [0.5, 0.6) is 0 Å². The van der Waals surface area contributed by atoms with Crippen LogP contribution in [-0.2, 0) is 19.0 Å². The fourth-order valence-corrected chi connectivity index (χ4v) is 1.32. The zero-order valence-electron chi connectivity index (χ0n) is 8.56. The highest BCUT2D eigenvalue weighted by Gasteiger charge is 2.32. The smallest absolute Gasteiger partial charge is 0.315 e. The Kier molecular flexibility index (Phi) is 4.46. The van der Waals surface area contributed by atoms with Crippen molar-refractivity contribution in [3.63, 3.8) is 0 Å². The first kappa shape index (κ1) is 11.0. The number of esters is 1. The molecule has 4 nitrogen and oxygen atoms in total. The average Bonchev–Trinajstić information content (AvgIpc) is 2.19. The summed E-state index contributed by atoms with van der Waals surface area (Å²) in [5, 5.41) is 0. The van der Waals surface area contributed by atoms with E-state index in [1.165, 1.54) is 0 Å². The van der Waals surface area contributed by atoms with Gasteiger partial charge in [0.1, 0.15) is 5.92 Å². The number of carbonyl (C=O) groups is 1. The Morgan fingerprint density at radius 1 is 1.50 bits per heavy atom. The fraction of sp³-hybridized carbons (Fsp3) is 0.700. The third-order valence-corrected chi connectivity index (χ3v) is 1.95. The van der Waals surface area contributed by atoms with Crippen LogP contribution < -0.4 is 0 Å². The summed E-state index contributed by atoms with van der Waals surface area (Å²) in [6.45, 7) is 4.56. The molecule has 80 valence electrons. The second-order valence-electron chi connectivity index (χ2n) is 2.93. The van der Waals surface area contributed by atoms with Crippen LogP contribution in [0.4, 0.5) is 0 Å². The molecule has 0 amide bonds. The van der Waals surface area contributed by atoms with Crippen LogP contribution in [0.15, 0.2) is 12.3 Å². The van der Waals surface area contributed by atoms with Crippen molar-refractivity contribution < 1.29 is 19.0 Å². The summed E-state index contributed by atoms with van der Waals surface area (Å²) in [7, 11) is 0. The van der Waals surface area contributed by atoms with Crippen molar-refractivity contribution >= 4 is 5.97 Å². The van der Waals surface area contributed by atoms with E-state index >= 15 is 0 Å². The van der Waals surface area contributed by atoms with E-state index in [0.717, 1.165) is 0 Å². The molecule has 2 unspecified atom stereocenters.